The predicted octanol–water partition coefficient (Wildman–Crippen LogP) is 1.27. The Hall–Kier alpha value is -1.99. The molecule has 0 saturated carbocycles. The monoisotopic (exact) mass is 319 g/mol. The molecule has 2 aromatic rings. The van der Waals surface area contributed by atoms with Crippen molar-refractivity contribution in [1.82, 2.24) is 15.2 Å². The van der Waals surface area contributed by atoms with Crippen molar-refractivity contribution in [1.29, 1.82) is 0 Å². The van der Waals surface area contributed by atoms with Crippen LogP contribution in [0.4, 0.5) is 0 Å². The Kier molecular flexibility index (Phi) is 4.35. The first kappa shape index (κ1) is 14.9. The van der Waals surface area contributed by atoms with Gasteiger partial charge in [0.2, 0.25) is 5.91 Å². The van der Waals surface area contributed by atoms with Gasteiger partial charge in [-0.3, -0.25) is 9.59 Å². The molecule has 1 aliphatic heterocycles. The van der Waals surface area contributed by atoms with E-state index in [1.165, 1.54) is 11.3 Å². The molecule has 3 rings (SSSR count). The highest BCUT2D eigenvalue weighted by atomic mass is 32.1. The zero-order valence-electron chi connectivity index (χ0n) is 12.2. The highest BCUT2D eigenvalue weighted by Crippen LogP contribution is 2.21. The minimum atomic E-state index is -0.224. The smallest absolute Gasteiger partial charge is 0.254 e. The zero-order valence-corrected chi connectivity index (χ0v) is 13.1. The summed E-state index contributed by atoms with van der Waals surface area (Å²) in [4.78, 5) is 30.3. The molecule has 0 bridgehead atoms. The molecule has 0 spiro atoms. The van der Waals surface area contributed by atoms with E-state index in [1.54, 1.807) is 23.5 Å². The number of thiazole rings is 1. The third-order valence-electron chi connectivity index (χ3n) is 3.77. The number of hydrogen-bond acceptors (Lipinski definition) is 5. The molecular weight excluding hydrogens is 302 g/mol. The molecule has 116 valence electrons. The van der Waals surface area contributed by atoms with Crippen LogP contribution < -0.4 is 5.32 Å². The lowest BCUT2D eigenvalue weighted by Crippen LogP contribution is -2.50. The molecule has 7 heteroatoms. The average Bonchev–Trinajstić information content (AvgIpc) is 3.02. The summed E-state index contributed by atoms with van der Waals surface area (Å²) < 4.78 is 6.41. The van der Waals surface area contributed by atoms with Gasteiger partial charge in [0, 0.05) is 25.6 Å². The van der Waals surface area contributed by atoms with Gasteiger partial charge in [0.25, 0.3) is 5.91 Å². The minimum Gasteiger partial charge on any atom is -0.377 e. The third kappa shape index (κ3) is 2.95. The SMILES string of the molecule is CNC(=O)C[C@H]1COCCN1C(=O)c1ccc2ncsc2c1. The maximum Gasteiger partial charge on any atom is 0.254 e. The van der Waals surface area contributed by atoms with E-state index in [1.807, 2.05) is 12.1 Å². The summed E-state index contributed by atoms with van der Waals surface area (Å²) in [5.74, 6) is -0.154. The van der Waals surface area contributed by atoms with Gasteiger partial charge < -0.3 is 15.0 Å². The van der Waals surface area contributed by atoms with E-state index in [0.717, 1.165) is 10.2 Å². The Morgan fingerprint density at radius 1 is 1.50 bits per heavy atom. The van der Waals surface area contributed by atoms with Gasteiger partial charge >= 0.3 is 0 Å². The molecule has 22 heavy (non-hydrogen) atoms. The second kappa shape index (κ2) is 6.41. The molecule has 1 aromatic heterocycles. The summed E-state index contributed by atoms with van der Waals surface area (Å²) in [5.41, 5.74) is 3.29. The summed E-state index contributed by atoms with van der Waals surface area (Å²) in [6.45, 7) is 1.39. The van der Waals surface area contributed by atoms with Crippen molar-refractivity contribution in [3.63, 3.8) is 0 Å². The Morgan fingerprint density at radius 2 is 2.36 bits per heavy atom. The van der Waals surface area contributed by atoms with Gasteiger partial charge in [0.1, 0.15) is 0 Å². The van der Waals surface area contributed by atoms with Crippen LogP contribution in [0, 0.1) is 0 Å². The lowest BCUT2D eigenvalue weighted by atomic mass is 10.1. The van der Waals surface area contributed by atoms with Gasteiger partial charge in [-0.2, -0.15) is 0 Å². The van der Waals surface area contributed by atoms with Crippen LogP contribution in [-0.4, -0.2) is 54.5 Å². The molecular formula is C15H17N3O3S. The number of carbonyl (C=O) groups excluding carboxylic acids is 2. The highest BCUT2D eigenvalue weighted by molar-refractivity contribution is 7.16. The molecule has 2 heterocycles. The quantitative estimate of drug-likeness (QED) is 0.925. The Bertz CT molecular complexity index is 700. The molecule has 0 aliphatic carbocycles. The minimum absolute atomic E-state index is 0.0625. The van der Waals surface area contributed by atoms with Gasteiger partial charge in [-0.05, 0) is 18.2 Å². The number of hydrogen-bond donors (Lipinski definition) is 1. The number of aromatic nitrogens is 1. The molecule has 2 amide bonds. The van der Waals surface area contributed by atoms with Gasteiger partial charge in [-0.25, -0.2) is 4.98 Å². The van der Waals surface area contributed by atoms with E-state index in [4.69, 9.17) is 4.74 Å². The van der Waals surface area contributed by atoms with Gasteiger partial charge in [0.05, 0.1) is 35.0 Å². The predicted molar refractivity (Wildman–Crippen MR) is 83.9 cm³/mol. The van der Waals surface area contributed by atoms with Crippen LogP contribution in [0.15, 0.2) is 23.7 Å². The molecule has 0 unspecified atom stereocenters. The normalized spacial score (nSPS) is 18.4. The van der Waals surface area contributed by atoms with Crippen LogP contribution in [0.25, 0.3) is 10.2 Å². The summed E-state index contributed by atoms with van der Waals surface area (Å²) in [6.07, 6.45) is 0.255. The maximum absolute atomic E-state index is 12.8. The Balaban J connectivity index is 1.82. The summed E-state index contributed by atoms with van der Waals surface area (Å²) in [7, 11) is 1.59. The van der Waals surface area contributed by atoms with E-state index in [9.17, 15) is 9.59 Å². The molecule has 1 aliphatic rings. The fourth-order valence-electron chi connectivity index (χ4n) is 2.56. The second-order valence-electron chi connectivity index (χ2n) is 5.14. The van der Waals surface area contributed by atoms with Gasteiger partial charge in [-0.15, -0.1) is 11.3 Å². The van der Waals surface area contributed by atoms with Crippen LogP contribution in [-0.2, 0) is 9.53 Å². The van der Waals surface area contributed by atoms with Crippen LogP contribution in [0.5, 0.6) is 0 Å². The number of nitrogens with one attached hydrogen (secondary N) is 1. The van der Waals surface area contributed by atoms with Gasteiger partial charge in [0.15, 0.2) is 0 Å². The number of rotatable bonds is 3. The molecule has 0 radical (unpaired) electrons. The number of nitrogens with zero attached hydrogens (tertiary/aromatic N) is 2. The van der Waals surface area contributed by atoms with Crippen LogP contribution in [0.2, 0.25) is 0 Å². The summed E-state index contributed by atoms with van der Waals surface area (Å²) in [5, 5.41) is 2.59. The lowest BCUT2D eigenvalue weighted by molar-refractivity contribution is -0.123. The van der Waals surface area contributed by atoms with E-state index in [-0.39, 0.29) is 24.3 Å². The number of carbonyl (C=O) groups is 2. The average molecular weight is 319 g/mol. The Labute approximate surface area is 132 Å². The van der Waals surface area contributed by atoms with Crippen LogP contribution in [0.1, 0.15) is 16.8 Å². The Morgan fingerprint density at radius 3 is 3.18 bits per heavy atom. The first-order chi connectivity index (χ1) is 10.7. The fourth-order valence-corrected chi connectivity index (χ4v) is 3.28. The second-order valence-corrected chi connectivity index (χ2v) is 6.03. The van der Waals surface area contributed by atoms with Gasteiger partial charge in [-0.1, -0.05) is 0 Å². The standard InChI is InChI=1S/C15H17N3O3S/c1-16-14(19)7-11-8-21-5-4-18(11)15(20)10-2-3-12-13(6-10)22-9-17-12/h2-3,6,9,11H,4-5,7-8H2,1H3,(H,16,19)/t11-/m0/s1. The lowest BCUT2D eigenvalue weighted by Gasteiger charge is -2.35. The topological polar surface area (TPSA) is 71.5 Å². The van der Waals surface area contributed by atoms with Crippen molar-refractivity contribution in [2.75, 3.05) is 26.8 Å². The van der Waals surface area contributed by atoms with E-state index in [0.29, 0.717) is 25.3 Å². The molecule has 1 aromatic carbocycles. The molecule has 1 saturated heterocycles. The van der Waals surface area contributed by atoms with Crippen molar-refractivity contribution < 1.29 is 14.3 Å². The van der Waals surface area contributed by atoms with Crippen molar-refractivity contribution in [3.05, 3.63) is 29.3 Å². The first-order valence-corrected chi connectivity index (χ1v) is 7.99. The molecule has 6 nitrogen and oxygen atoms in total. The van der Waals surface area contributed by atoms with E-state index >= 15 is 0 Å². The van der Waals surface area contributed by atoms with Crippen LogP contribution in [0.3, 0.4) is 0 Å². The van der Waals surface area contributed by atoms with Crippen molar-refractivity contribution >= 4 is 33.4 Å². The summed E-state index contributed by atoms with van der Waals surface area (Å²) in [6, 6.07) is 5.28. The number of fused-ring (bicyclic) bond motifs is 1. The number of amides is 2. The van der Waals surface area contributed by atoms with Crippen molar-refractivity contribution in [2.45, 2.75) is 12.5 Å². The van der Waals surface area contributed by atoms with E-state index < -0.39 is 0 Å². The third-order valence-corrected chi connectivity index (χ3v) is 4.56. The number of benzene rings is 1. The zero-order chi connectivity index (χ0) is 15.5. The largest absolute Gasteiger partial charge is 0.377 e. The van der Waals surface area contributed by atoms with Crippen molar-refractivity contribution in [3.8, 4) is 0 Å². The molecule has 1 N–H and O–H groups in total. The first-order valence-electron chi connectivity index (χ1n) is 7.11. The fraction of sp³-hybridized carbons (Fsp3) is 0.400. The highest BCUT2D eigenvalue weighted by Gasteiger charge is 2.29. The molecule has 1 fully saturated rings. The van der Waals surface area contributed by atoms with E-state index in [2.05, 4.69) is 10.3 Å². The molecule has 1 atom stereocenters. The van der Waals surface area contributed by atoms with Crippen molar-refractivity contribution in [2.24, 2.45) is 0 Å². The van der Waals surface area contributed by atoms with Crippen LogP contribution >= 0.6 is 11.3 Å². The number of ether oxygens (including phenoxy) is 1. The number of morpholine rings is 1. The summed E-state index contributed by atoms with van der Waals surface area (Å²) >= 11 is 1.51. The maximum atomic E-state index is 12.8.